The first kappa shape index (κ1) is 7.65. The summed E-state index contributed by atoms with van der Waals surface area (Å²) in [4.78, 5) is 14.2. The molecule has 4 heteroatoms. The molecule has 0 bridgehead atoms. The van der Waals surface area contributed by atoms with Crippen molar-refractivity contribution in [1.29, 1.82) is 0 Å². The third-order valence-electron chi connectivity index (χ3n) is 1.05. The van der Waals surface area contributed by atoms with E-state index in [1.54, 1.807) is 18.2 Å². The zero-order chi connectivity index (χ0) is 8.10. The van der Waals surface area contributed by atoms with Crippen molar-refractivity contribution in [1.82, 2.24) is 4.98 Å². The van der Waals surface area contributed by atoms with Gasteiger partial charge in [0.15, 0.2) is 6.67 Å². The summed E-state index contributed by atoms with van der Waals surface area (Å²) < 4.78 is 11.6. The number of rotatable bonds is 2. The van der Waals surface area contributed by atoms with Crippen LogP contribution in [0, 0.1) is 0 Å². The van der Waals surface area contributed by atoms with Gasteiger partial charge in [-0.2, -0.15) is 0 Å². The largest absolute Gasteiger partial charge is 0.308 e. The van der Waals surface area contributed by atoms with Crippen molar-refractivity contribution in [2.45, 2.75) is 0 Å². The molecule has 0 aliphatic carbocycles. The van der Waals surface area contributed by atoms with Crippen LogP contribution in [0.1, 0.15) is 0 Å². The van der Waals surface area contributed by atoms with Gasteiger partial charge in [-0.3, -0.25) is 4.79 Å². The highest BCUT2D eigenvalue weighted by Crippen LogP contribution is 1.98. The van der Waals surface area contributed by atoms with E-state index in [2.05, 4.69) is 10.3 Å². The van der Waals surface area contributed by atoms with E-state index in [9.17, 15) is 9.18 Å². The van der Waals surface area contributed by atoms with Crippen LogP contribution >= 0.6 is 0 Å². The van der Waals surface area contributed by atoms with Crippen molar-refractivity contribution >= 4 is 11.7 Å². The number of nitrogens with one attached hydrogen (secondary N) is 1. The Hall–Kier alpha value is -1.45. The van der Waals surface area contributed by atoms with Crippen LogP contribution in [0.3, 0.4) is 0 Å². The molecule has 11 heavy (non-hydrogen) atoms. The molecule has 0 fully saturated rings. The molecule has 3 nitrogen and oxygen atoms in total. The summed E-state index contributed by atoms with van der Waals surface area (Å²) in [5, 5.41) is 2.27. The fourth-order valence-electron chi connectivity index (χ4n) is 0.613. The van der Waals surface area contributed by atoms with E-state index in [-0.39, 0.29) is 0 Å². The number of halogens is 1. The molecule has 1 aromatic rings. The summed E-state index contributed by atoms with van der Waals surface area (Å²) in [6.45, 7) is -1.02. The van der Waals surface area contributed by atoms with E-state index < -0.39 is 12.6 Å². The minimum absolute atomic E-state index is 0.371. The van der Waals surface area contributed by atoms with Gasteiger partial charge in [-0.05, 0) is 12.1 Å². The number of carbonyl (C=O) groups is 1. The van der Waals surface area contributed by atoms with Crippen molar-refractivity contribution in [2.24, 2.45) is 0 Å². The Bertz CT molecular complexity index is 237. The highest BCUT2D eigenvalue weighted by atomic mass is 19.1. The molecule has 0 radical (unpaired) electrons. The Morgan fingerprint density at radius 2 is 2.45 bits per heavy atom. The quantitative estimate of drug-likeness (QED) is 0.690. The summed E-state index contributed by atoms with van der Waals surface area (Å²) >= 11 is 0. The molecule has 0 aliphatic rings. The van der Waals surface area contributed by atoms with E-state index in [4.69, 9.17) is 0 Å². The van der Waals surface area contributed by atoms with Gasteiger partial charge in [0, 0.05) is 6.20 Å². The number of anilines is 1. The minimum Gasteiger partial charge on any atom is -0.308 e. The van der Waals surface area contributed by atoms with Gasteiger partial charge >= 0.3 is 0 Å². The van der Waals surface area contributed by atoms with E-state index in [0.29, 0.717) is 5.82 Å². The van der Waals surface area contributed by atoms with Crippen molar-refractivity contribution in [3.63, 3.8) is 0 Å². The van der Waals surface area contributed by atoms with Crippen LogP contribution in [-0.2, 0) is 4.79 Å². The summed E-state index contributed by atoms with van der Waals surface area (Å²) in [5.74, 6) is -0.307. The third-order valence-corrected chi connectivity index (χ3v) is 1.05. The van der Waals surface area contributed by atoms with Crippen LogP contribution < -0.4 is 5.32 Å². The van der Waals surface area contributed by atoms with Crippen molar-refractivity contribution in [3.8, 4) is 0 Å². The van der Waals surface area contributed by atoms with Crippen LogP contribution in [0.15, 0.2) is 24.4 Å². The maximum absolute atomic E-state index is 11.6. The molecule has 0 atom stereocenters. The Morgan fingerprint density at radius 1 is 1.64 bits per heavy atom. The van der Waals surface area contributed by atoms with Gasteiger partial charge < -0.3 is 5.32 Å². The highest BCUT2D eigenvalue weighted by molar-refractivity contribution is 5.90. The molecule has 1 amide bonds. The highest BCUT2D eigenvalue weighted by Gasteiger charge is 1.99. The molecule has 1 aromatic heterocycles. The molecule has 1 N–H and O–H groups in total. The zero-order valence-corrected chi connectivity index (χ0v) is 5.75. The average Bonchev–Trinajstić information content (AvgIpc) is 2.06. The van der Waals surface area contributed by atoms with E-state index in [0.717, 1.165) is 0 Å². The van der Waals surface area contributed by atoms with Crippen LogP contribution in [0.4, 0.5) is 10.2 Å². The first-order chi connectivity index (χ1) is 5.33. The SMILES string of the molecule is O=C(CF)Nc1ccccn1. The molecule has 58 valence electrons. The van der Waals surface area contributed by atoms with E-state index in [1.165, 1.54) is 6.20 Å². The Labute approximate surface area is 63.3 Å². The molecular formula is C7H7FN2O. The fourth-order valence-corrected chi connectivity index (χ4v) is 0.613. The molecular weight excluding hydrogens is 147 g/mol. The molecule has 0 aromatic carbocycles. The smallest absolute Gasteiger partial charge is 0.256 e. The third kappa shape index (κ3) is 2.33. The molecule has 0 aliphatic heterocycles. The van der Waals surface area contributed by atoms with Gasteiger partial charge in [-0.15, -0.1) is 0 Å². The summed E-state index contributed by atoms with van der Waals surface area (Å²) in [5.41, 5.74) is 0. The van der Waals surface area contributed by atoms with Gasteiger partial charge in [0.2, 0.25) is 0 Å². The lowest BCUT2D eigenvalue weighted by atomic mass is 10.4. The summed E-state index contributed by atoms with van der Waals surface area (Å²) in [7, 11) is 0. The number of amides is 1. The molecule has 1 heterocycles. The monoisotopic (exact) mass is 154 g/mol. The number of hydrogen-bond donors (Lipinski definition) is 1. The van der Waals surface area contributed by atoms with Crippen molar-refractivity contribution in [2.75, 3.05) is 12.0 Å². The first-order valence-corrected chi connectivity index (χ1v) is 3.10. The summed E-state index contributed by atoms with van der Waals surface area (Å²) in [6.07, 6.45) is 1.52. The first-order valence-electron chi connectivity index (χ1n) is 3.10. The lowest BCUT2D eigenvalue weighted by molar-refractivity contribution is -0.117. The lowest BCUT2D eigenvalue weighted by Gasteiger charge is -1.98. The van der Waals surface area contributed by atoms with Crippen LogP contribution in [0.5, 0.6) is 0 Å². The van der Waals surface area contributed by atoms with Crippen LogP contribution in [0.25, 0.3) is 0 Å². The van der Waals surface area contributed by atoms with Crippen LogP contribution in [-0.4, -0.2) is 17.6 Å². The standard InChI is InChI=1S/C7H7FN2O/c8-5-7(11)10-6-3-1-2-4-9-6/h1-4H,5H2,(H,9,10,11). The van der Waals surface area contributed by atoms with Gasteiger partial charge in [-0.1, -0.05) is 6.07 Å². The molecule has 1 rings (SSSR count). The topological polar surface area (TPSA) is 42.0 Å². The maximum atomic E-state index is 11.6. The molecule has 0 saturated carbocycles. The molecule has 0 spiro atoms. The number of aromatic nitrogens is 1. The lowest BCUT2D eigenvalue weighted by Crippen LogP contribution is -2.13. The second kappa shape index (κ2) is 3.65. The number of carbonyl (C=O) groups excluding carboxylic acids is 1. The van der Waals surface area contributed by atoms with Gasteiger partial charge in [0.05, 0.1) is 0 Å². The number of nitrogens with zero attached hydrogens (tertiary/aromatic N) is 1. The Balaban J connectivity index is 2.58. The van der Waals surface area contributed by atoms with Gasteiger partial charge in [0.25, 0.3) is 5.91 Å². The van der Waals surface area contributed by atoms with E-state index >= 15 is 0 Å². The second-order valence-corrected chi connectivity index (χ2v) is 1.90. The average molecular weight is 154 g/mol. The molecule has 0 saturated heterocycles. The van der Waals surface area contributed by atoms with Crippen molar-refractivity contribution in [3.05, 3.63) is 24.4 Å². The summed E-state index contributed by atoms with van der Waals surface area (Å²) in [6, 6.07) is 5.01. The predicted molar refractivity (Wildman–Crippen MR) is 38.8 cm³/mol. The van der Waals surface area contributed by atoms with E-state index in [1.807, 2.05) is 0 Å². The molecule has 0 unspecified atom stereocenters. The van der Waals surface area contributed by atoms with Gasteiger partial charge in [-0.25, -0.2) is 9.37 Å². The second-order valence-electron chi connectivity index (χ2n) is 1.90. The Kier molecular flexibility index (Phi) is 2.54. The number of pyridine rings is 1. The fraction of sp³-hybridized carbons (Fsp3) is 0.143. The number of hydrogen-bond acceptors (Lipinski definition) is 2. The minimum atomic E-state index is -1.02. The number of alkyl halides is 1. The van der Waals surface area contributed by atoms with Crippen LogP contribution in [0.2, 0.25) is 0 Å². The maximum Gasteiger partial charge on any atom is 0.256 e. The predicted octanol–water partition coefficient (Wildman–Crippen LogP) is 0.990. The Morgan fingerprint density at radius 3 is 3.00 bits per heavy atom. The van der Waals surface area contributed by atoms with Crippen molar-refractivity contribution < 1.29 is 9.18 Å². The van der Waals surface area contributed by atoms with Gasteiger partial charge in [0.1, 0.15) is 5.82 Å². The zero-order valence-electron chi connectivity index (χ0n) is 5.75. The normalized spacial score (nSPS) is 9.18.